The van der Waals surface area contributed by atoms with Crippen LogP contribution in [0, 0.1) is 0 Å². The summed E-state index contributed by atoms with van der Waals surface area (Å²) >= 11 is 0. The smallest absolute Gasteiger partial charge is 0.335 e. The zero-order valence-electron chi connectivity index (χ0n) is 13.2. The quantitative estimate of drug-likeness (QED) is 0.653. The van der Waals surface area contributed by atoms with Gasteiger partial charge in [0.25, 0.3) is 0 Å². The van der Waals surface area contributed by atoms with Gasteiger partial charge in [-0.25, -0.2) is 4.79 Å². The van der Waals surface area contributed by atoms with Crippen molar-refractivity contribution in [2.45, 2.75) is 0 Å². The van der Waals surface area contributed by atoms with Crippen molar-refractivity contribution < 1.29 is 14.6 Å². The molecule has 2 N–H and O–H groups in total. The molecule has 2 aromatic rings. The number of rotatable bonds is 5. The molecule has 0 saturated carbocycles. The molecule has 1 fully saturated rings. The standard InChI is InChI=1S/C18H19N3O3/c22-18(23)15-2-1-3-16(12-15)20-19-13-14-4-6-17(7-5-14)21-8-10-24-11-9-21/h1-7,12-13,20H,8-11H2,(H,22,23)/b19-13-. The number of anilines is 2. The Morgan fingerprint density at radius 1 is 1.17 bits per heavy atom. The van der Waals surface area contributed by atoms with Crippen LogP contribution in [0.25, 0.3) is 0 Å². The molecule has 6 heteroatoms. The number of benzene rings is 2. The summed E-state index contributed by atoms with van der Waals surface area (Å²) in [5.74, 6) is -0.957. The van der Waals surface area contributed by atoms with Gasteiger partial charge in [-0.3, -0.25) is 5.43 Å². The van der Waals surface area contributed by atoms with Gasteiger partial charge in [0, 0.05) is 18.8 Å². The van der Waals surface area contributed by atoms with Gasteiger partial charge in [-0.05, 0) is 35.9 Å². The van der Waals surface area contributed by atoms with Crippen LogP contribution in [-0.2, 0) is 4.74 Å². The van der Waals surface area contributed by atoms with E-state index in [1.807, 2.05) is 12.1 Å². The van der Waals surface area contributed by atoms with Gasteiger partial charge in [-0.1, -0.05) is 18.2 Å². The Balaban J connectivity index is 1.60. The van der Waals surface area contributed by atoms with Gasteiger partial charge in [0.1, 0.15) is 0 Å². The van der Waals surface area contributed by atoms with Crippen LogP contribution in [0.3, 0.4) is 0 Å². The lowest BCUT2D eigenvalue weighted by Gasteiger charge is -2.28. The van der Waals surface area contributed by atoms with Gasteiger partial charge in [-0.2, -0.15) is 5.10 Å². The van der Waals surface area contributed by atoms with Crippen molar-refractivity contribution in [2.75, 3.05) is 36.6 Å². The highest BCUT2D eigenvalue weighted by Gasteiger charge is 2.10. The number of carbonyl (C=O) groups is 1. The topological polar surface area (TPSA) is 74.2 Å². The molecule has 1 heterocycles. The van der Waals surface area contributed by atoms with E-state index in [9.17, 15) is 4.79 Å². The summed E-state index contributed by atoms with van der Waals surface area (Å²) in [5.41, 5.74) is 5.85. The Morgan fingerprint density at radius 2 is 1.92 bits per heavy atom. The lowest BCUT2D eigenvalue weighted by atomic mass is 10.2. The molecule has 2 aromatic carbocycles. The third-order valence-corrected chi connectivity index (χ3v) is 3.79. The van der Waals surface area contributed by atoms with Crippen molar-refractivity contribution in [2.24, 2.45) is 5.10 Å². The molecule has 1 saturated heterocycles. The van der Waals surface area contributed by atoms with Gasteiger partial charge in [-0.15, -0.1) is 0 Å². The first kappa shape index (κ1) is 16.0. The van der Waals surface area contributed by atoms with Crippen LogP contribution in [0.4, 0.5) is 11.4 Å². The number of aromatic carboxylic acids is 1. The zero-order valence-corrected chi connectivity index (χ0v) is 13.2. The van der Waals surface area contributed by atoms with Gasteiger partial charge >= 0.3 is 5.97 Å². The molecule has 1 aliphatic rings. The van der Waals surface area contributed by atoms with Crippen molar-refractivity contribution >= 4 is 23.6 Å². The second-order valence-corrected chi connectivity index (χ2v) is 5.45. The van der Waals surface area contributed by atoms with Crippen LogP contribution in [0.1, 0.15) is 15.9 Å². The van der Waals surface area contributed by atoms with Crippen molar-refractivity contribution in [3.05, 3.63) is 59.7 Å². The minimum atomic E-state index is -0.957. The fourth-order valence-electron chi connectivity index (χ4n) is 2.50. The number of hydrazone groups is 1. The monoisotopic (exact) mass is 325 g/mol. The minimum Gasteiger partial charge on any atom is -0.478 e. The summed E-state index contributed by atoms with van der Waals surface area (Å²) in [7, 11) is 0. The number of carboxylic acid groups (broad SMARTS) is 1. The highest BCUT2D eigenvalue weighted by molar-refractivity contribution is 5.89. The van der Waals surface area contributed by atoms with Crippen molar-refractivity contribution in [1.82, 2.24) is 0 Å². The fourth-order valence-corrected chi connectivity index (χ4v) is 2.50. The Morgan fingerprint density at radius 3 is 2.62 bits per heavy atom. The number of nitrogens with zero attached hydrogens (tertiary/aromatic N) is 2. The first-order valence-electron chi connectivity index (χ1n) is 7.77. The molecule has 3 rings (SSSR count). The average molecular weight is 325 g/mol. The van der Waals surface area contributed by atoms with Crippen molar-refractivity contribution in [3.8, 4) is 0 Å². The Bertz CT molecular complexity index is 723. The van der Waals surface area contributed by atoms with Crippen LogP contribution < -0.4 is 10.3 Å². The van der Waals surface area contributed by atoms with Crippen LogP contribution in [0.2, 0.25) is 0 Å². The Kier molecular flexibility index (Phi) is 5.08. The molecule has 6 nitrogen and oxygen atoms in total. The molecule has 0 amide bonds. The maximum Gasteiger partial charge on any atom is 0.335 e. The highest BCUT2D eigenvalue weighted by atomic mass is 16.5. The predicted molar refractivity (Wildman–Crippen MR) is 94.1 cm³/mol. The van der Waals surface area contributed by atoms with Gasteiger partial charge in [0.05, 0.1) is 30.7 Å². The van der Waals surface area contributed by atoms with E-state index in [1.54, 1.807) is 30.5 Å². The summed E-state index contributed by atoms with van der Waals surface area (Å²) in [6, 6.07) is 14.7. The summed E-state index contributed by atoms with van der Waals surface area (Å²) in [4.78, 5) is 13.2. The zero-order chi connectivity index (χ0) is 16.8. The molecule has 0 bridgehead atoms. The molecule has 0 spiro atoms. The first-order valence-corrected chi connectivity index (χ1v) is 7.77. The van der Waals surface area contributed by atoms with Gasteiger partial charge < -0.3 is 14.7 Å². The number of hydrogen-bond donors (Lipinski definition) is 2. The van der Waals surface area contributed by atoms with E-state index in [0.717, 1.165) is 31.9 Å². The van der Waals surface area contributed by atoms with E-state index >= 15 is 0 Å². The number of hydrogen-bond acceptors (Lipinski definition) is 5. The largest absolute Gasteiger partial charge is 0.478 e. The van der Waals surface area contributed by atoms with E-state index in [1.165, 1.54) is 5.69 Å². The first-order chi connectivity index (χ1) is 11.7. The molecule has 0 aliphatic carbocycles. The molecular weight excluding hydrogens is 306 g/mol. The summed E-state index contributed by atoms with van der Waals surface area (Å²) in [6.45, 7) is 3.36. The van der Waals surface area contributed by atoms with E-state index in [-0.39, 0.29) is 5.56 Å². The fraction of sp³-hybridized carbons (Fsp3) is 0.222. The normalized spacial score (nSPS) is 14.8. The van der Waals surface area contributed by atoms with Crippen LogP contribution >= 0.6 is 0 Å². The second-order valence-electron chi connectivity index (χ2n) is 5.45. The number of morpholine rings is 1. The van der Waals surface area contributed by atoms with Crippen molar-refractivity contribution in [1.29, 1.82) is 0 Å². The van der Waals surface area contributed by atoms with Crippen molar-refractivity contribution in [3.63, 3.8) is 0 Å². The van der Waals surface area contributed by atoms with Gasteiger partial charge in [0.2, 0.25) is 0 Å². The number of nitrogens with one attached hydrogen (secondary N) is 1. The summed E-state index contributed by atoms with van der Waals surface area (Å²) in [5, 5.41) is 13.1. The molecule has 0 unspecified atom stereocenters. The highest BCUT2D eigenvalue weighted by Crippen LogP contribution is 2.16. The SMILES string of the molecule is O=C(O)c1cccc(N/N=C\c2ccc(N3CCOCC3)cc2)c1. The minimum absolute atomic E-state index is 0.227. The second kappa shape index (κ2) is 7.61. The van der Waals surface area contributed by atoms with E-state index < -0.39 is 5.97 Å². The predicted octanol–water partition coefficient (Wildman–Crippen LogP) is 2.67. The lowest BCUT2D eigenvalue weighted by molar-refractivity contribution is 0.0697. The maximum absolute atomic E-state index is 10.9. The van der Waals surface area contributed by atoms with Crippen LogP contribution in [0.15, 0.2) is 53.6 Å². The summed E-state index contributed by atoms with van der Waals surface area (Å²) < 4.78 is 5.36. The molecule has 0 aromatic heterocycles. The summed E-state index contributed by atoms with van der Waals surface area (Å²) in [6.07, 6.45) is 1.70. The molecule has 1 aliphatic heterocycles. The van der Waals surface area contributed by atoms with E-state index in [0.29, 0.717) is 5.69 Å². The van der Waals surface area contributed by atoms with E-state index in [2.05, 4.69) is 27.6 Å². The van der Waals surface area contributed by atoms with Gasteiger partial charge in [0.15, 0.2) is 0 Å². The Hall–Kier alpha value is -2.86. The molecule has 24 heavy (non-hydrogen) atoms. The lowest BCUT2D eigenvalue weighted by Crippen LogP contribution is -2.36. The molecule has 0 radical (unpaired) electrons. The van der Waals surface area contributed by atoms with Crippen LogP contribution in [0.5, 0.6) is 0 Å². The molecule has 124 valence electrons. The average Bonchev–Trinajstić information content (AvgIpc) is 2.63. The third-order valence-electron chi connectivity index (χ3n) is 3.79. The number of carboxylic acids is 1. The van der Waals surface area contributed by atoms with E-state index in [4.69, 9.17) is 9.84 Å². The Labute approximate surface area is 140 Å². The molecular formula is C18H19N3O3. The third kappa shape index (κ3) is 4.11. The maximum atomic E-state index is 10.9. The molecule has 0 atom stereocenters. The number of ether oxygens (including phenoxy) is 1. The van der Waals surface area contributed by atoms with Crippen LogP contribution in [-0.4, -0.2) is 43.6 Å².